The molecule has 6 heteroatoms. The second-order valence-electron chi connectivity index (χ2n) is 6.71. The van der Waals surface area contributed by atoms with Gasteiger partial charge in [-0.3, -0.25) is 4.68 Å². The van der Waals surface area contributed by atoms with Gasteiger partial charge in [0.15, 0.2) is 0 Å². The van der Waals surface area contributed by atoms with Gasteiger partial charge in [-0.2, -0.15) is 5.10 Å². The minimum atomic E-state index is -0.217. The van der Waals surface area contributed by atoms with Crippen molar-refractivity contribution in [2.45, 2.75) is 39.4 Å². The average molecular weight is 337 g/mol. The van der Waals surface area contributed by atoms with E-state index in [9.17, 15) is 4.39 Å². The van der Waals surface area contributed by atoms with Crippen molar-refractivity contribution in [3.05, 3.63) is 71.2 Å². The molecule has 0 spiro atoms. The number of aromatic nitrogens is 4. The molecule has 0 saturated heterocycles. The van der Waals surface area contributed by atoms with Crippen LogP contribution in [0.2, 0.25) is 0 Å². The van der Waals surface area contributed by atoms with Gasteiger partial charge < -0.3 is 4.90 Å². The van der Waals surface area contributed by atoms with Crippen LogP contribution in [0.15, 0.2) is 42.9 Å². The fourth-order valence-corrected chi connectivity index (χ4v) is 3.12. The normalized spacial score (nSPS) is 13.5. The quantitative estimate of drug-likeness (QED) is 0.731. The molecule has 1 aromatic carbocycles. The minimum Gasteiger partial charge on any atom is -0.346 e. The van der Waals surface area contributed by atoms with Crippen molar-refractivity contribution in [1.82, 2.24) is 19.7 Å². The number of rotatable bonds is 4. The van der Waals surface area contributed by atoms with Crippen molar-refractivity contribution in [3.8, 4) is 0 Å². The molecule has 2 aromatic heterocycles. The molecule has 1 aliphatic rings. The Morgan fingerprint density at radius 1 is 1.12 bits per heavy atom. The maximum Gasteiger partial charge on any atom is 0.132 e. The summed E-state index contributed by atoms with van der Waals surface area (Å²) >= 11 is 0. The lowest BCUT2D eigenvalue weighted by Gasteiger charge is -2.18. The molecule has 0 radical (unpaired) electrons. The molecule has 0 bridgehead atoms. The third-order valence-electron chi connectivity index (χ3n) is 4.57. The summed E-state index contributed by atoms with van der Waals surface area (Å²) in [5.41, 5.74) is 4.49. The topological polar surface area (TPSA) is 46.8 Å². The Kier molecular flexibility index (Phi) is 3.95. The number of hydrogen-bond donors (Lipinski definition) is 0. The van der Waals surface area contributed by atoms with E-state index in [2.05, 4.69) is 39.9 Å². The van der Waals surface area contributed by atoms with Crippen molar-refractivity contribution in [3.63, 3.8) is 0 Å². The predicted molar refractivity (Wildman–Crippen MR) is 93.7 cm³/mol. The van der Waals surface area contributed by atoms with E-state index >= 15 is 0 Å². The molecule has 0 unspecified atom stereocenters. The maximum atomic E-state index is 13.1. The Balaban J connectivity index is 1.54. The van der Waals surface area contributed by atoms with Crippen molar-refractivity contribution in [1.29, 1.82) is 0 Å². The van der Waals surface area contributed by atoms with Crippen LogP contribution >= 0.6 is 0 Å². The Bertz CT molecular complexity index is 885. The molecule has 3 aromatic rings. The first-order valence-electron chi connectivity index (χ1n) is 8.45. The van der Waals surface area contributed by atoms with E-state index in [1.165, 1.54) is 23.4 Å². The average Bonchev–Trinajstić information content (AvgIpc) is 3.19. The van der Waals surface area contributed by atoms with Gasteiger partial charge in [-0.15, -0.1) is 0 Å². The number of benzene rings is 1. The molecule has 1 aliphatic heterocycles. The minimum absolute atomic E-state index is 0.217. The number of fused-ring (bicyclic) bond motifs is 1. The van der Waals surface area contributed by atoms with Crippen LogP contribution in [0.3, 0.4) is 0 Å². The Hall–Kier alpha value is -2.76. The summed E-state index contributed by atoms with van der Waals surface area (Å²) in [6.45, 7) is 6.47. The fourth-order valence-electron chi connectivity index (χ4n) is 3.12. The fraction of sp³-hybridized carbons (Fsp3) is 0.316. The van der Waals surface area contributed by atoms with Gasteiger partial charge in [-0.05, 0) is 23.6 Å². The first kappa shape index (κ1) is 15.7. The van der Waals surface area contributed by atoms with E-state index < -0.39 is 0 Å². The number of nitrogens with zero attached hydrogens (tertiary/aromatic N) is 5. The lowest BCUT2D eigenvalue weighted by molar-refractivity contribution is 0.620. The number of hydrogen-bond acceptors (Lipinski definition) is 4. The van der Waals surface area contributed by atoms with Gasteiger partial charge >= 0.3 is 0 Å². The smallest absolute Gasteiger partial charge is 0.132 e. The standard InChI is InChI=1S/C19H20FN5/c1-13(2)17-7-19(22-12-21-17)24-10-15-8-23-25(18(15)11-24)9-14-3-5-16(20)6-4-14/h3-8,12-13H,9-11H2,1-2H3. The molecule has 0 aliphatic carbocycles. The third-order valence-corrected chi connectivity index (χ3v) is 4.57. The van der Waals surface area contributed by atoms with Crippen LogP contribution in [0.5, 0.6) is 0 Å². The van der Waals surface area contributed by atoms with Gasteiger partial charge in [0.25, 0.3) is 0 Å². The maximum absolute atomic E-state index is 13.1. The molecule has 5 nitrogen and oxygen atoms in total. The Morgan fingerprint density at radius 2 is 1.92 bits per heavy atom. The second-order valence-corrected chi connectivity index (χ2v) is 6.71. The van der Waals surface area contributed by atoms with E-state index in [1.807, 2.05) is 10.9 Å². The van der Waals surface area contributed by atoms with Crippen molar-refractivity contribution < 1.29 is 4.39 Å². The van der Waals surface area contributed by atoms with E-state index in [0.717, 1.165) is 30.2 Å². The monoisotopic (exact) mass is 337 g/mol. The van der Waals surface area contributed by atoms with Crippen molar-refractivity contribution in [2.75, 3.05) is 4.90 Å². The lowest BCUT2D eigenvalue weighted by atomic mass is 10.1. The van der Waals surface area contributed by atoms with Crippen LogP contribution in [0, 0.1) is 5.82 Å². The first-order valence-corrected chi connectivity index (χ1v) is 8.45. The zero-order valence-electron chi connectivity index (χ0n) is 14.4. The molecule has 0 saturated carbocycles. The molecule has 0 fully saturated rings. The summed E-state index contributed by atoms with van der Waals surface area (Å²) in [6.07, 6.45) is 3.56. The zero-order valence-corrected chi connectivity index (χ0v) is 14.4. The molecule has 0 N–H and O–H groups in total. The van der Waals surface area contributed by atoms with Crippen LogP contribution in [0.25, 0.3) is 0 Å². The van der Waals surface area contributed by atoms with Gasteiger partial charge in [0.05, 0.1) is 25.0 Å². The number of halogens is 1. The molecular formula is C19H20FN5. The van der Waals surface area contributed by atoms with E-state index in [4.69, 9.17) is 0 Å². The molecular weight excluding hydrogens is 317 g/mol. The molecule has 25 heavy (non-hydrogen) atoms. The second kappa shape index (κ2) is 6.27. The molecule has 0 atom stereocenters. The van der Waals surface area contributed by atoms with Crippen LogP contribution in [0.1, 0.15) is 42.3 Å². The summed E-state index contributed by atoms with van der Waals surface area (Å²) in [6, 6.07) is 8.64. The summed E-state index contributed by atoms with van der Waals surface area (Å²) in [5, 5.41) is 4.49. The summed E-state index contributed by atoms with van der Waals surface area (Å²) < 4.78 is 15.1. The summed E-state index contributed by atoms with van der Waals surface area (Å²) in [7, 11) is 0. The van der Waals surface area contributed by atoms with E-state index in [0.29, 0.717) is 12.5 Å². The van der Waals surface area contributed by atoms with E-state index in [-0.39, 0.29) is 5.82 Å². The highest BCUT2D eigenvalue weighted by molar-refractivity contribution is 5.45. The molecule has 128 valence electrons. The highest BCUT2D eigenvalue weighted by atomic mass is 19.1. The SMILES string of the molecule is CC(C)c1cc(N2Cc3cnn(Cc4ccc(F)cc4)c3C2)ncn1. The van der Waals surface area contributed by atoms with Crippen LogP contribution in [0.4, 0.5) is 10.2 Å². The van der Waals surface area contributed by atoms with Gasteiger partial charge in [-0.1, -0.05) is 26.0 Å². The lowest BCUT2D eigenvalue weighted by Crippen LogP contribution is -2.19. The predicted octanol–water partition coefficient (Wildman–Crippen LogP) is 3.50. The van der Waals surface area contributed by atoms with Gasteiger partial charge in [0, 0.05) is 23.9 Å². The highest BCUT2D eigenvalue weighted by Gasteiger charge is 2.25. The van der Waals surface area contributed by atoms with Crippen LogP contribution in [-0.2, 0) is 19.6 Å². The van der Waals surface area contributed by atoms with Crippen LogP contribution < -0.4 is 4.90 Å². The van der Waals surface area contributed by atoms with Gasteiger partial charge in [0.1, 0.15) is 18.0 Å². The largest absolute Gasteiger partial charge is 0.346 e. The van der Waals surface area contributed by atoms with Gasteiger partial charge in [0.2, 0.25) is 0 Å². The Labute approximate surface area is 146 Å². The molecule has 3 heterocycles. The first-order chi connectivity index (χ1) is 12.1. The van der Waals surface area contributed by atoms with Gasteiger partial charge in [-0.25, -0.2) is 14.4 Å². The highest BCUT2D eigenvalue weighted by Crippen LogP contribution is 2.28. The third kappa shape index (κ3) is 3.12. The zero-order chi connectivity index (χ0) is 17.4. The van der Waals surface area contributed by atoms with Crippen LogP contribution in [-0.4, -0.2) is 19.7 Å². The molecule has 4 rings (SSSR count). The summed E-state index contributed by atoms with van der Waals surface area (Å²) in [5.74, 6) is 1.11. The summed E-state index contributed by atoms with van der Waals surface area (Å²) in [4.78, 5) is 11.0. The van der Waals surface area contributed by atoms with E-state index in [1.54, 1.807) is 18.5 Å². The Morgan fingerprint density at radius 3 is 2.68 bits per heavy atom. The van der Waals surface area contributed by atoms with Crippen molar-refractivity contribution >= 4 is 5.82 Å². The molecule has 0 amide bonds. The van der Waals surface area contributed by atoms with Crippen molar-refractivity contribution in [2.24, 2.45) is 0 Å². The number of anilines is 1.